The highest BCUT2D eigenvalue weighted by Crippen LogP contribution is 2.21. The van der Waals surface area contributed by atoms with Gasteiger partial charge in [0.05, 0.1) is 12.3 Å². The van der Waals surface area contributed by atoms with Crippen molar-refractivity contribution in [1.29, 1.82) is 0 Å². The molecule has 0 unspecified atom stereocenters. The number of nitrogens with one attached hydrogen (secondary N) is 1. The summed E-state index contributed by atoms with van der Waals surface area (Å²) in [5.74, 6) is 0.0907. The molecule has 0 aliphatic carbocycles. The number of imidazole rings is 1. The summed E-state index contributed by atoms with van der Waals surface area (Å²) < 4.78 is 6.60. The summed E-state index contributed by atoms with van der Waals surface area (Å²) in [4.78, 5) is 20.3. The van der Waals surface area contributed by atoms with Crippen LogP contribution in [0.4, 0.5) is 5.82 Å². The standard InChI is InChI=1S/C11H13ClN4O2/c1-4-18-11(17)8-6(2)14-10-9(13-3)15-7(12)5-16(8)10/h5H,4H2,1-3H3,(H,13,15). The minimum atomic E-state index is -0.424. The minimum absolute atomic E-state index is 0.273. The Kier molecular flexibility index (Phi) is 3.38. The van der Waals surface area contributed by atoms with Crippen LogP contribution in [-0.2, 0) is 4.74 Å². The van der Waals surface area contributed by atoms with Gasteiger partial charge >= 0.3 is 5.97 Å². The molecule has 0 spiro atoms. The Bertz CT molecular complexity index is 609. The molecular formula is C11H13ClN4O2. The van der Waals surface area contributed by atoms with Gasteiger partial charge in [-0.05, 0) is 13.8 Å². The summed E-state index contributed by atoms with van der Waals surface area (Å²) in [7, 11) is 1.71. The number of aromatic nitrogens is 3. The van der Waals surface area contributed by atoms with Crippen LogP contribution in [0.1, 0.15) is 23.1 Å². The Balaban J connectivity index is 2.70. The molecule has 0 bridgehead atoms. The van der Waals surface area contributed by atoms with E-state index in [2.05, 4.69) is 15.3 Å². The van der Waals surface area contributed by atoms with E-state index in [0.29, 0.717) is 29.5 Å². The number of aryl methyl sites for hydroxylation is 1. The summed E-state index contributed by atoms with van der Waals surface area (Å²) in [5.41, 5.74) is 1.49. The number of hydrogen-bond donors (Lipinski definition) is 1. The van der Waals surface area contributed by atoms with Crippen LogP contribution < -0.4 is 5.32 Å². The summed E-state index contributed by atoms with van der Waals surface area (Å²) in [5, 5.41) is 3.16. The first-order valence-electron chi connectivity index (χ1n) is 5.48. The number of nitrogens with zero attached hydrogens (tertiary/aromatic N) is 3. The second kappa shape index (κ2) is 4.81. The maximum absolute atomic E-state index is 11.9. The quantitative estimate of drug-likeness (QED) is 0.861. The monoisotopic (exact) mass is 268 g/mol. The van der Waals surface area contributed by atoms with Crippen LogP contribution in [0.15, 0.2) is 6.20 Å². The van der Waals surface area contributed by atoms with Gasteiger partial charge in [0, 0.05) is 13.2 Å². The van der Waals surface area contributed by atoms with Gasteiger partial charge in [-0.25, -0.2) is 14.8 Å². The number of halogens is 1. The molecule has 96 valence electrons. The summed E-state index contributed by atoms with van der Waals surface area (Å²) in [6, 6.07) is 0. The molecule has 1 N–H and O–H groups in total. The zero-order valence-electron chi connectivity index (χ0n) is 10.3. The summed E-state index contributed by atoms with van der Waals surface area (Å²) >= 11 is 5.91. The molecule has 0 aromatic carbocycles. The van der Waals surface area contributed by atoms with Crippen molar-refractivity contribution >= 4 is 29.0 Å². The molecule has 6 nitrogen and oxygen atoms in total. The Labute approximate surface area is 109 Å². The molecule has 18 heavy (non-hydrogen) atoms. The molecule has 0 aliphatic heterocycles. The number of carbonyl (C=O) groups is 1. The third-order valence-electron chi connectivity index (χ3n) is 2.46. The first-order valence-corrected chi connectivity index (χ1v) is 5.86. The van der Waals surface area contributed by atoms with Gasteiger partial charge in [-0.2, -0.15) is 0 Å². The summed E-state index contributed by atoms with van der Waals surface area (Å²) in [6.45, 7) is 3.81. The van der Waals surface area contributed by atoms with Crippen LogP contribution in [0.25, 0.3) is 5.65 Å². The Morgan fingerprint density at radius 1 is 1.56 bits per heavy atom. The maximum Gasteiger partial charge on any atom is 0.357 e. The fourth-order valence-corrected chi connectivity index (χ4v) is 1.93. The lowest BCUT2D eigenvalue weighted by Crippen LogP contribution is -2.10. The highest BCUT2D eigenvalue weighted by Gasteiger charge is 2.20. The smallest absolute Gasteiger partial charge is 0.357 e. The minimum Gasteiger partial charge on any atom is -0.461 e. The van der Waals surface area contributed by atoms with Crippen LogP contribution in [0.3, 0.4) is 0 Å². The molecule has 0 amide bonds. The fourth-order valence-electron chi connectivity index (χ4n) is 1.74. The molecule has 0 aliphatic rings. The number of fused-ring (bicyclic) bond motifs is 1. The molecule has 2 heterocycles. The Morgan fingerprint density at radius 3 is 2.89 bits per heavy atom. The van der Waals surface area contributed by atoms with Crippen molar-refractivity contribution in [3.05, 3.63) is 22.7 Å². The van der Waals surface area contributed by atoms with Crippen LogP contribution in [0.5, 0.6) is 0 Å². The lowest BCUT2D eigenvalue weighted by molar-refractivity contribution is 0.0517. The predicted octanol–water partition coefficient (Wildman–Crippen LogP) is 1.91. The highest BCUT2D eigenvalue weighted by molar-refractivity contribution is 6.29. The normalized spacial score (nSPS) is 10.7. The molecule has 0 fully saturated rings. The number of rotatable bonds is 3. The number of ether oxygens (including phenoxy) is 1. The molecule has 2 rings (SSSR count). The van der Waals surface area contributed by atoms with E-state index in [0.717, 1.165) is 0 Å². The van der Waals surface area contributed by atoms with E-state index < -0.39 is 5.97 Å². The van der Waals surface area contributed by atoms with Gasteiger partial charge in [-0.15, -0.1) is 0 Å². The second-order valence-corrected chi connectivity index (χ2v) is 4.01. The number of esters is 1. The molecule has 0 saturated heterocycles. The van der Waals surface area contributed by atoms with Crippen LogP contribution in [0, 0.1) is 6.92 Å². The van der Waals surface area contributed by atoms with Crippen molar-refractivity contribution in [3.8, 4) is 0 Å². The molecular weight excluding hydrogens is 256 g/mol. The van der Waals surface area contributed by atoms with Crippen molar-refractivity contribution in [1.82, 2.24) is 14.4 Å². The number of hydrogen-bond acceptors (Lipinski definition) is 5. The van der Waals surface area contributed by atoms with Crippen LogP contribution >= 0.6 is 11.6 Å². The topological polar surface area (TPSA) is 68.5 Å². The van der Waals surface area contributed by atoms with E-state index in [1.165, 1.54) is 0 Å². The van der Waals surface area contributed by atoms with E-state index in [1.807, 2.05) is 0 Å². The molecule has 0 saturated carbocycles. The highest BCUT2D eigenvalue weighted by atomic mass is 35.5. The first-order chi connectivity index (χ1) is 8.58. The molecule has 7 heteroatoms. The first kappa shape index (κ1) is 12.6. The van der Waals surface area contributed by atoms with E-state index in [-0.39, 0.29) is 5.15 Å². The zero-order chi connectivity index (χ0) is 13.3. The Morgan fingerprint density at radius 2 is 2.28 bits per heavy atom. The molecule has 2 aromatic rings. The van der Waals surface area contributed by atoms with Gasteiger partial charge in [0.1, 0.15) is 5.15 Å². The third-order valence-corrected chi connectivity index (χ3v) is 2.64. The van der Waals surface area contributed by atoms with Gasteiger partial charge in [-0.3, -0.25) is 4.40 Å². The van der Waals surface area contributed by atoms with E-state index >= 15 is 0 Å². The predicted molar refractivity (Wildman–Crippen MR) is 68.2 cm³/mol. The van der Waals surface area contributed by atoms with Crippen LogP contribution in [-0.4, -0.2) is 34.0 Å². The van der Waals surface area contributed by atoms with Crippen molar-refractivity contribution in [2.45, 2.75) is 13.8 Å². The van der Waals surface area contributed by atoms with Gasteiger partial charge in [0.15, 0.2) is 17.2 Å². The Hall–Kier alpha value is -1.82. The van der Waals surface area contributed by atoms with Crippen molar-refractivity contribution in [2.75, 3.05) is 19.0 Å². The zero-order valence-corrected chi connectivity index (χ0v) is 11.1. The van der Waals surface area contributed by atoms with Crippen molar-refractivity contribution in [3.63, 3.8) is 0 Å². The lowest BCUT2D eigenvalue weighted by atomic mass is 10.3. The van der Waals surface area contributed by atoms with Crippen molar-refractivity contribution in [2.24, 2.45) is 0 Å². The van der Waals surface area contributed by atoms with E-state index in [9.17, 15) is 4.79 Å². The maximum atomic E-state index is 11.9. The largest absolute Gasteiger partial charge is 0.461 e. The average molecular weight is 269 g/mol. The summed E-state index contributed by atoms with van der Waals surface area (Å²) in [6.07, 6.45) is 1.55. The van der Waals surface area contributed by atoms with Gasteiger partial charge in [-0.1, -0.05) is 11.6 Å². The average Bonchev–Trinajstić information content (AvgIpc) is 2.64. The van der Waals surface area contributed by atoms with Gasteiger partial charge in [0.2, 0.25) is 0 Å². The molecule has 2 aromatic heterocycles. The molecule has 0 atom stereocenters. The second-order valence-electron chi connectivity index (χ2n) is 3.62. The SMILES string of the molecule is CCOC(=O)c1c(C)nc2c(NC)nc(Cl)cn12. The third kappa shape index (κ3) is 1.99. The van der Waals surface area contributed by atoms with E-state index in [4.69, 9.17) is 16.3 Å². The van der Waals surface area contributed by atoms with Crippen LogP contribution in [0.2, 0.25) is 5.15 Å². The molecule has 0 radical (unpaired) electrons. The lowest BCUT2D eigenvalue weighted by Gasteiger charge is -2.05. The fraction of sp³-hybridized carbons (Fsp3) is 0.364. The van der Waals surface area contributed by atoms with Gasteiger partial charge < -0.3 is 10.1 Å². The number of carbonyl (C=O) groups excluding carboxylic acids is 1. The number of anilines is 1. The van der Waals surface area contributed by atoms with Crippen molar-refractivity contribution < 1.29 is 9.53 Å². The van der Waals surface area contributed by atoms with Gasteiger partial charge in [0.25, 0.3) is 0 Å². The van der Waals surface area contributed by atoms with E-state index in [1.54, 1.807) is 31.5 Å².